The maximum Gasteiger partial charge on any atom is 0.337 e. The zero-order valence-electron chi connectivity index (χ0n) is 15.5. The maximum atomic E-state index is 12.0. The van der Waals surface area contributed by atoms with Crippen LogP contribution >= 0.6 is 0 Å². The van der Waals surface area contributed by atoms with Gasteiger partial charge in [-0.1, -0.05) is 60.4 Å². The molecule has 0 bridgehead atoms. The molecular weight excluding hydrogens is 346 g/mol. The molecule has 0 aliphatic rings. The number of carbonyl (C=O) groups is 1. The molecule has 0 spiro atoms. The Hall–Kier alpha value is -3.77. The number of aromatic nitrogens is 1. The van der Waals surface area contributed by atoms with Gasteiger partial charge in [0, 0.05) is 22.7 Å². The number of benzene rings is 3. The van der Waals surface area contributed by atoms with Gasteiger partial charge in [-0.3, -0.25) is 0 Å². The van der Waals surface area contributed by atoms with Crippen LogP contribution < -0.4 is 0 Å². The lowest BCUT2D eigenvalue weighted by molar-refractivity contribution is 0.0601. The molecule has 136 valence electrons. The van der Waals surface area contributed by atoms with Crippen LogP contribution in [0.3, 0.4) is 0 Å². The van der Waals surface area contributed by atoms with Crippen LogP contribution in [0.25, 0.3) is 10.9 Å². The van der Waals surface area contributed by atoms with Gasteiger partial charge in [0.15, 0.2) is 0 Å². The van der Waals surface area contributed by atoms with Crippen molar-refractivity contribution in [1.29, 1.82) is 0 Å². The van der Waals surface area contributed by atoms with E-state index in [-0.39, 0.29) is 11.9 Å². The van der Waals surface area contributed by atoms with E-state index in [0.29, 0.717) is 5.56 Å². The van der Waals surface area contributed by atoms with Gasteiger partial charge in [0.2, 0.25) is 0 Å². The highest BCUT2D eigenvalue weighted by molar-refractivity contribution is 5.96. The smallest absolute Gasteiger partial charge is 0.337 e. The first-order chi connectivity index (χ1) is 13.8. The van der Waals surface area contributed by atoms with E-state index < -0.39 is 0 Å². The number of esters is 1. The minimum atomic E-state index is -0.347. The molecule has 4 rings (SSSR count). The molecule has 0 saturated heterocycles. The van der Waals surface area contributed by atoms with E-state index in [1.54, 1.807) is 6.07 Å². The van der Waals surface area contributed by atoms with Crippen LogP contribution in [0.15, 0.2) is 85.1 Å². The van der Waals surface area contributed by atoms with E-state index in [1.165, 1.54) is 7.11 Å². The van der Waals surface area contributed by atoms with Crippen LogP contribution in [0.2, 0.25) is 0 Å². The van der Waals surface area contributed by atoms with E-state index >= 15 is 0 Å². The zero-order chi connectivity index (χ0) is 19.3. The van der Waals surface area contributed by atoms with Crippen molar-refractivity contribution in [2.75, 3.05) is 7.11 Å². The maximum absolute atomic E-state index is 12.0. The summed E-state index contributed by atoms with van der Waals surface area (Å²) in [6, 6.07) is 25.7. The Morgan fingerprint density at radius 2 is 1.68 bits per heavy atom. The monoisotopic (exact) mass is 365 g/mol. The quantitative estimate of drug-likeness (QED) is 0.404. The average Bonchev–Trinajstić information content (AvgIpc) is 3.18. The van der Waals surface area contributed by atoms with E-state index in [2.05, 4.69) is 29.0 Å². The van der Waals surface area contributed by atoms with Crippen molar-refractivity contribution >= 4 is 16.9 Å². The van der Waals surface area contributed by atoms with Crippen LogP contribution in [-0.2, 0) is 4.74 Å². The van der Waals surface area contributed by atoms with Gasteiger partial charge in [-0.15, -0.1) is 0 Å². The standard InChI is InChI=1S/C25H19NO2/c1-28-25(27)20-13-15-24-22(16-20)23(17-26-24)21(19-10-6-3-7-11-19)14-12-18-8-4-2-5-9-18/h2-11,13,15-17,21,26H,1H3. The lowest BCUT2D eigenvalue weighted by Gasteiger charge is -2.11. The summed E-state index contributed by atoms with van der Waals surface area (Å²) < 4.78 is 4.87. The summed E-state index contributed by atoms with van der Waals surface area (Å²) in [5.41, 5.74) is 4.60. The van der Waals surface area contributed by atoms with Gasteiger partial charge in [0.05, 0.1) is 18.6 Å². The second kappa shape index (κ2) is 7.85. The molecule has 0 amide bonds. The van der Waals surface area contributed by atoms with Crippen molar-refractivity contribution in [3.05, 3.63) is 107 Å². The van der Waals surface area contributed by atoms with E-state index in [1.807, 2.05) is 66.9 Å². The molecule has 1 aromatic heterocycles. The molecule has 0 aliphatic heterocycles. The lowest BCUT2D eigenvalue weighted by Crippen LogP contribution is -2.01. The highest BCUT2D eigenvalue weighted by atomic mass is 16.5. The summed E-state index contributed by atoms with van der Waals surface area (Å²) >= 11 is 0. The molecule has 1 heterocycles. The van der Waals surface area contributed by atoms with Gasteiger partial charge < -0.3 is 9.72 Å². The molecule has 28 heavy (non-hydrogen) atoms. The second-order valence-corrected chi connectivity index (χ2v) is 6.48. The number of carbonyl (C=O) groups excluding carboxylic acids is 1. The third-order valence-corrected chi connectivity index (χ3v) is 4.71. The normalized spacial score (nSPS) is 11.5. The van der Waals surface area contributed by atoms with Gasteiger partial charge in [-0.25, -0.2) is 4.79 Å². The molecule has 3 heteroatoms. The van der Waals surface area contributed by atoms with Crippen LogP contribution in [0.5, 0.6) is 0 Å². The Morgan fingerprint density at radius 3 is 2.39 bits per heavy atom. The topological polar surface area (TPSA) is 42.1 Å². The van der Waals surface area contributed by atoms with Crippen molar-refractivity contribution in [3.8, 4) is 11.8 Å². The molecule has 3 aromatic carbocycles. The largest absolute Gasteiger partial charge is 0.465 e. The number of aromatic amines is 1. The number of nitrogens with one attached hydrogen (secondary N) is 1. The summed E-state index contributed by atoms with van der Waals surface area (Å²) in [5.74, 6) is 6.24. The van der Waals surface area contributed by atoms with Crippen LogP contribution in [0.1, 0.15) is 33.0 Å². The lowest BCUT2D eigenvalue weighted by atomic mass is 9.91. The van der Waals surface area contributed by atoms with Gasteiger partial charge in [0.1, 0.15) is 0 Å². The predicted molar refractivity (Wildman–Crippen MR) is 111 cm³/mol. The summed E-state index contributed by atoms with van der Waals surface area (Å²) in [4.78, 5) is 15.3. The second-order valence-electron chi connectivity index (χ2n) is 6.48. The Morgan fingerprint density at radius 1 is 0.964 bits per heavy atom. The van der Waals surface area contributed by atoms with E-state index in [9.17, 15) is 4.79 Å². The van der Waals surface area contributed by atoms with Gasteiger partial charge in [0.25, 0.3) is 0 Å². The van der Waals surface area contributed by atoms with Crippen molar-refractivity contribution in [2.24, 2.45) is 0 Å². The number of methoxy groups -OCH3 is 1. The number of ether oxygens (including phenoxy) is 1. The number of hydrogen-bond donors (Lipinski definition) is 1. The molecule has 3 nitrogen and oxygen atoms in total. The number of H-pyrrole nitrogens is 1. The number of hydrogen-bond acceptors (Lipinski definition) is 2. The predicted octanol–water partition coefficient (Wildman–Crippen LogP) is 5.14. The molecule has 1 unspecified atom stereocenters. The SMILES string of the molecule is COC(=O)c1ccc2[nH]cc(C(C#Cc3ccccc3)c3ccccc3)c2c1. The molecule has 1 atom stereocenters. The Labute approximate surface area is 164 Å². The molecule has 0 fully saturated rings. The first-order valence-electron chi connectivity index (χ1n) is 9.07. The molecule has 0 aliphatic carbocycles. The fraction of sp³-hybridized carbons (Fsp3) is 0.0800. The average molecular weight is 365 g/mol. The van der Waals surface area contributed by atoms with Gasteiger partial charge >= 0.3 is 5.97 Å². The molecular formula is C25H19NO2. The van der Waals surface area contributed by atoms with E-state index in [4.69, 9.17) is 4.74 Å². The van der Waals surface area contributed by atoms with Crippen LogP contribution in [0, 0.1) is 11.8 Å². The van der Waals surface area contributed by atoms with Crippen molar-refractivity contribution in [2.45, 2.75) is 5.92 Å². The zero-order valence-corrected chi connectivity index (χ0v) is 15.5. The fourth-order valence-corrected chi connectivity index (χ4v) is 3.29. The summed E-state index contributed by atoms with van der Waals surface area (Å²) in [7, 11) is 1.39. The summed E-state index contributed by atoms with van der Waals surface area (Å²) in [6.45, 7) is 0. The Kier molecular flexibility index (Phi) is 4.95. The minimum Gasteiger partial charge on any atom is -0.465 e. The molecule has 1 N–H and O–H groups in total. The third kappa shape index (κ3) is 3.54. The highest BCUT2D eigenvalue weighted by Gasteiger charge is 2.17. The first-order valence-corrected chi connectivity index (χ1v) is 9.07. The Balaban J connectivity index is 1.85. The Bertz CT molecular complexity index is 1160. The molecule has 4 aromatic rings. The third-order valence-electron chi connectivity index (χ3n) is 4.71. The number of fused-ring (bicyclic) bond motifs is 1. The fourth-order valence-electron chi connectivity index (χ4n) is 3.29. The molecule has 0 saturated carbocycles. The van der Waals surface area contributed by atoms with Gasteiger partial charge in [-0.05, 0) is 41.5 Å². The first kappa shape index (κ1) is 17.6. The number of rotatable bonds is 3. The summed E-state index contributed by atoms with van der Waals surface area (Å²) in [5, 5.41) is 0.971. The van der Waals surface area contributed by atoms with Crippen LogP contribution in [-0.4, -0.2) is 18.1 Å². The molecule has 0 radical (unpaired) electrons. The van der Waals surface area contributed by atoms with Gasteiger partial charge in [-0.2, -0.15) is 0 Å². The van der Waals surface area contributed by atoms with E-state index in [0.717, 1.165) is 27.6 Å². The summed E-state index contributed by atoms with van der Waals surface area (Å²) in [6.07, 6.45) is 1.98. The van der Waals surface area contributed by atoms with Crippen molar-refractivity contribution < 1.29 is 9.53 Å². The highest BCUT2D eigenvalue weighted by Crippen LogP contribution is 2.31. The van der Waals surface area contributed by atoms with Crippen molar-refractivity contribution in [1.82, 2.24) is 4.98 Å². The minimum absolute atomic E-state index is 0.122. The van der Waals surface area contributed by atoms with Crippen LogP contribution in [0.4, 0.5) is 0 Å². The van der Waals surface area contributed by atoms with Crippen molar-refractivity contribution in [3.63, 3.8) is 0 Å².